The molecular weight excluding hydrogens is 540 g/mol. The highest BCUT2D eigenvalue weighted by atomic mass is 32.2. The molecule has 0 saturated carbocycles. The Morgan fingerprint density at radius 2 is 1.80 bits per heavy atom. The molecule has 1 aromatic rings. The number of benzene rings is 1. The van der Waals surface area contributed by atoms with Crippen LogP contribution in [0.2, 0.25) is 0 Å². The largest absolute Gasteiger partial charge is 0.395 e. The lowest BCUT2D eigenvalue weighted by atomic mass is 9.66. The van der Waals surface area contributed by atoms with Crippen LogP contribution in [0.3, 0.4) is 0 Å². The van der Waals surface area contributed by atoms with Crippen LogP contribution >= 0.6 is 11.8 Å². The lowest BCUT2D eigenvalue weighted by Gasteiger charge is -2.38. The maximum atomic E-state index is 14.4. The van der Waals surface area contributed by atoms with Crippen LogP contribution in [0.25, 0.3) is 0 Å². The molecule has 9 nitrogen and oxygen atoms in total. The molecule has 2 unspecified atom stereocenters. The maximum absolute atomic E-state index is 14.4. The van der Waals surface area contributed by atoms with Crippen LogP contribution in [0.15, 0.2) is 55.6 Å². The minimum atomic E-state index is -0.744. The Morgan fingerprint density at radius 1 is 1.10 bits per heavy atom. The molecule has 10 heteroatoms. The van der Waals surface area contributed by atoms with Crippen molar-refractivity contribution < 1.29 is 24.2 Å². The van der Waals surface area contributed by atoms with Crippen molar-refractivity contribution in [2.45, 2.75) is 35.3 Å². The van der Waals surface area contributed by atoms with Crippen molar-refractivity contribution in [1.29, 1.82) is 0 Å². The average molecular weight is 583 g/mol. The van der Waals surface area contributed by atoms with Gasteiger partial charge in [-0.05, 0) is 31.9 Å². The first-order chi connectivity index (χ1) is 19.8. The van der Waals surface area contributed by atoms with Gasteiger partial charge in [0, 0.05) is 56.2 Å². The van der Waals surface area contributed by atoms with Gasteiger partial charge in [0.2, 0.25) is 17.7 Å². The van der Waals surface area contributed by atoms with E-state index >= 15 is 0 Å². The number of ether oxygens (including phenoxy) is 1. The van der Waals surface area contributed by atoms with Crippen molar-refractivity contribution in [2.75, 3.05) is 70.5 Å². The number of carbonyl (C=O) groups is 3. The molecule has 4 aliphatic rings. The molecule has 5 rings (SSSR count). The van der Waals surface area contributed by atoms with Crippen molar-refractivity contribution in [3.63, 3.8) is 0 Å². The SMILES string of the molecule is C=CCN(CCN1CCOCC1)C(=O)C1N(CCO)C(=O)[C@@H]2[C@@H](C(=O)N(CC=C)c3ccccc3)[C@@]3(C)CCC12S3. The lowest BCUT2D eigenvalue weighted by molar-refractivity contribution is -0.143. The second kappa shape index (κ2) is 12.3. The number of β-amino-alcohol motifs (C(OH)–C–C–N with tert-alkyl or cyclic N) is 1. The molecule has 0 aliphatic carbocycles. The summed E-state index contributed by atoms with van der Waals surface area (Å²) in [6, 6.07) is 8.72. The molecule has 1 spiro atoms. The van der Waals surface area contributed by atoms with Gasteiger partial charge in [0.1, 0.15) is 6.04 Å². The van der Waals surface area contributed by atoms with E-state index < -0.39 is 27.4 Å². The van der Waals surface area contributed by atoms with Gasteiger partial charge in [0.15, 0.2) is 0 Å². The van der Waals surface area contributed by atoms with Crippen molar-refractivity contribution >= 4 is 35.2 Å². The fourth-order valence-electron chi connectivity index (χ4n) is 7.36. The van der Waals surface area contributed by atoms with E-state index in [1.807, 2.05) is 30.3 Å². The number of thioether (sulfide) groups is 1. The first-order valence-electron chi connectivity index (χ1n) is 14.6. The number of carbonyl (C=O) groups excluding carboxylic acids is 3. The van der Waals surface area contributed by atoms with Gasteiger partial charge in [-0.25, -0.2) is 0 Å². The van der Waals surface area contributed by atoms with Crippen LogP contribution in [0.5, 0.6) is 0 Å². The number of nitrogens with zero attached hydrogens (tertiary/aromatic N) is 4. The molecule has 1 aromatic carbocycles. The Kier molecular flexibility index (Phi) is 8.94. The van der Waals surface area contributed by atoms with Crippen molar-refractivity contribution in [3.8, 4) is 0 Å². The van der Waals surface area contributed by atoms with Crippen molar-refractivity contribution in [1.82, 2.24) is 14.7 Å². The first-order valence-corrected chi connectivity index (χ1v) is 15.4. The zero-order chi connectivity index (χ0) is 29.2. The predicted molar refractivity (Wildman–Crippen MR) is 161 cm³/mol. The average Bonchev–Trinajstić information content (AvgIpc) is 3.55. The van der Waals surface area contributed by atoms with Crippen molar-refractivity contribution in [2.24, 2.45) is 11.8 Å². The Hall–Kier alpha value is -2.66. The number of para-hydroxylation sites is 1. The summed E-state index contributed by atoms with van der Waals surface area (Å²) >= 11 is 1.65. The van der Waals surface area contributed by atoms with E-state index in [9.17, 15) is 19.5 Å². The van der Waals surface area contributed by atoms with E-state index in [1.54, 1.807) is 38.6 Å². The standard InChI is InChI=1S/C31H42N4O5S/c1-4-13-33(16-15-32-18-21-40-22-19-32)29(39)26-31-12-11-30(3,41-31)24(25(31)28(38)35(26)17-20-36)27(37)34(14-5-2)23-9-7-6-8-10-23/h4-10,24-26,36H,1-2,11-22H2,3H3/t24-,25-,26?,30+,31?/m0/s1. The summed E-state index contributed by atoms with van der Waals surface area (Å²) in [6.07, 6.45) is 4.83. The Morgan fingerprint density at radius 3 is 2.46 bits per heavy atom. The Labute approximate surface area is 247 Å². The highest BCUT2D eigenvalue weighted by molar-refractivity contribution is 8.02. The molecule has 0 aromatic heterocycles. The minimum absolute atomic E-state index is 0.0616. The van der Waals surface area contributed by atoms with E-state index in [4.69, 9.17) is 4.74 Å². The quantitative estimate of drug-likeness (QED) is 0.377. The number of aliphatic hydroxyl groups excluding tert-OH is 1. The number of rotatable bonds is 12. The van der Waals surface area contributed by atoms with Gasteiger partial charge in [0.25, 0.3) is 0 Å². The van der Waals surface area contributed by atoms with Gasteiger partial charge in [-0.1, -0.05) is 30.4 Å². The minimum Gasteiger partial charge on any atom is -0.395 e. The molecule has 3 amide bonds. The zero-order valence-electron chi connectivity index (χ0n) is 24.0. The van der Waals surface area contributed by atoms with E-state index in [1.165, 1.54) is 0 Å². The van der Waals surface area contributed by atoms with Crippen LogP contribution < -0.4 is 4.90 Å². The second-order valence-electron chi connectivity index (χ2n) is 11.6. The fourth-order valence-corrected chi connectivity index (χ4v) is 9.71. The summed E-state index contributed by atoms with van der Waals surface area (Å²) in [7, 11) is 0. The maximum Gasteiger partial charge on any atom is 0.247 e. The molecule has 2 bridgehead atoms. The topological polar surface area (TPSA) is 93.6 Å². The molecule has 4 aliphatic heterocycles. The molecule has 0 radical (unpaired) electrons. The highest BCUT2D eigenvalue weighted by Gasteiger charge is 2.77. The predicted octanol–water partition coefficient (Wildman–Crippen LogP) is 2.03. The Bertz CT molecular complexity index is 1160. The molecule has 1 N–H and O–H groups in total. The molecule has 4 heterocycles. The van der Waals surface area contributed by atoms with Crippen LogP contribution in [0.4, 0.5) is 5.69 Å². The Balaban J connectivity index is 1.47. The highest BCUT2D eigenvalue weighted by Crippen LogP contribution is 2.71. The van der Waals surface area contributed by atoms with Crippen LogP contribution in [-0.4, -0.2) is 119 Å². The van der Waals surface area contributed by atoms with Crippen LogP contribution in [0.1, 0.15) is 19.8 Å². The molecule has 41 heavy (non-hydrogen) atoms. The summed E-state index contributed by atoms with van der Waals surface area (Å²) in [6.45, 7) is 14.6. The van der Waals surface area contributed by atoms with Crippen LogP contribution in [-0.2, 0) is 19.1 Å². The fraction of sp³-hybridized carbons (Fsp3) is 0.581. The summed E-state index contributed by atoms with van der Waals surface area (Å²) in [5.74, 6) is -1.67. The summed E-state index contributed by atoms with van der Waals surface area (Å²) in [4.78, 5) is 50.4. The zero-order valence-corrected chi connectivity index (χ0v) is 24.8. The number of anilines is 1. The molecular formula is C31H42N4O5S. The van der Waals surface area contributed by atoms with Gasteiger partial charge in [0.05, 0.1) is 36.4 Å². The number of amides is 3. The molecule has 4 fully saturated rings. The number of hydrogen-bond donors (Lipinski definition) is 1. The third-order valence-corrected chi connectivity index (χ3v) is 11.2. The number of likely N-dealkylation sites (tertiary alicyclic amines) is 1. The number of morpholine rings is 1. The summed E-state index contributed by atoms with van der Waals surface area (Å²) in [5, 5.41) is 9.98. The monoisotopic (exact) mass is 582 g/mol. The molecule has 5 atom stereocenters. The second-order valence-corrected chi connectivity index (χ2v) is 13.5. The summed E-state index contributed by atoms with van der Waals surface area (Å²) in [5.41, 5.74) is 0.758. The summed E-state index contributed by atoms with van der Waals surface area (Å²) < 4.78 is 4.26. The smallest absolute Gasteiger partial charge is 0.247 e. The van der Waals surface area contributed by atoms with E-state index in [0.29, 0.717) is 45.8 Å². The molecule has 222 valence electrons. The van der Waals surface area contributed by atoms with Crippen LogP contribution in [0, 0.1) is 11.8 Å². The van der Waals surface area contributed by atoms with Crippen molar-refractivity contribution in [3.05, 3.63) is 55.6 Å². The van der Waals surface area contributed by atoms with Gasteiger partial charge in [-0.3, -0.25) is 19.3 Å². The van der Waals surface area contributed by atoms with E-state index in [0.717, 1.165) is 25.2 Å². The normalized spacial score (nSPS) is 30.7. The third-order valence-electron chi connectivity index (χ3n) is 9.21. The van der Waals surface area contributed by atoms with Gasteiger partial charge < -0.3 is 24.5 Å². The van der Waals surface area contributed by atoms with Gasteiger partial charge in [-0.2, -0.15) is 0 Å². The lowest BCUT2D eigenvalue weighted by Crippen LogP contribution is -2.56. The van der Waals surface area contributed by atoms with Gasteiger partial charge in [-0.15, -0.1) is 24.9 Å². The number of hydrogen-bond acceptors (Lipinski definition) is 7. The number of fused-ring (bicyclic) bond motifs is 1. The van der Waals surface area contributed by atoms with Gasteiger partial charge >= 0.3 is 0 Å². The number of aliphatic hydroxyl groups is 1. The third kappa shape index (κ3) is 5.24. The van der Waals surface area contributed by atoms with E-state index in [-0.39, 0.29) is 30.9 Å². The van der Waals surface area contributed by atoms with E-state index in [2.05, 4.69) is 25.0 Å². The first kappa shape index (κ1) is 29.8. The molecule has 4 saturated heterocycles.